The van der Waals surface area contributed by atoms with E-state index in [1.54, 1.807) is 45.0 Å². The third-order valence-corrected chi connectivity index (χ3v) is 2.76. The Hall–Kier alpha value is -2.77. The van der Waals surface area contributed by atoms with E-state index in [4.69, 9.17) is 9.47 Å². The number of hydrazine groups is 1. The maximum Gasteiger partial charge on any atom is 0.407 e. The van der Waals surface area contributed by atoms with Crippen molar-refractivity contribution in [3.05, 3.63) is 29.8 Å². The van der Waals surface area contributed by atoms with E-state index in [1.165, 1.54) is 0 Å². The van der Waals surface area contributed by atoms with E-state index < -0.39 is 23.5 Å². The minimum atomic E-state index is -0.599. The fraction of sp³-hybridized carbons (Fsp3) is 0.471. The minimum Gasteiger partial charge on any atom is -0.494 e. The first kappa shape index (κ1) is 20.3. The molecule has 0 heterocycles. The molecular formula is C17H25N3O5. The zero-order valence-corrected chi connectivity index (χ0v) is 15.0. The molecule has 0 spiro atoms. The van der Waals surface area contributed by atoms with Crippen LogP contribution < -0.4 is 20.9 Å². The van der Waals surface area contributed by atoms with Gasteiger partial charge in [0.25, 0.3) is 5.91 Å². The van der Waals surface area contributed by atoms with Crippen molar-refractivity contribution in [2.24, 2.45) is 0 Å². The van der Waals surface area contributed by atoms with E-state index in [1.807, 2.05) is 6.92 Å². The van der Waals surface area contributed by atoms with Gasteiger partial charge in [-0.25, -0.2) is 4.79 Å². The van der Waals surface area contributed by atoms with Crippen molar-refractivity contribution in [1.29, 1.82) is 0 Å². The van der Waals surface area contributed by atoms with Gasteiger partial charge in [0, 0.05) is 18.5 Å². The average Bonchev–Trinajstić information content (AvgIpc) is 2.52. The largest absolute Gasteiger partial charge is 0.494 e. The van der Waals surface area contributed by atoms with Crippen LogP contribution in [0.5, 0.6) is 5.75 Å². The zero-order valence-electron chi connectivity index (χ0n) is 15.0. The summed E-state index contributed by atoms with van der Waals surface area (Å²) in [4.78, 5) is 35.0. The fourth-order valence-electron chi connectivity index (χ4n) is 1.72. The first-order valence-electron chi connectivity index (χ1n) is 8.00. The van der Waals surface area contributed by atoms with Gasteiger partial charge >= 0.3 is 6.09 Å². The van der Waals surface area contributed by atoms with Crippen molar-refractivity contribution in [3.63, 3.8) is 0 Å². The number of ether oxygens (including phenoxy) is 2. The van der Waals surface area contributed by atoms with Crippen LogP contribution in [0.1, 0.15) is 44.5 Å². The predicted molar refractivity (Wildman–Crippen MR) is 92.1 cm³/mol. The molecule has 3 amide bonds. The summed E-state index contributed by atoms with van der Waals surface area (Å²) in [7, 11) is 0. The molecule has 0 unspecified atom stereocenters. The Bertz CT molecular complexity index is 593. The van der Waals surface area contributed by atoms with E-state index in [9.17, 15) is 14.4 Å². The van der Waals surface area contributed by atoms with Gasteiger partial charge in [0.2, 0.25) is 5.91 Å². The zero-order chi connectivity index (χ0) is 18.9. The lowest BCUT2D eigenvalue weighted by atomic mass is 10.2. The van der Waals surface area contributed by atoms with Crippen molar-refractivity contribution in [1.82, 2.24) is 16.2 Å². The molecule has 0 aliphatic rings. The summed E-state index contributed by atoms with van der Waals surface area (Å²) in [5.74, 6) is -0.219. The van der Waals surface area contributed by atoms with E-state index in [0.29, 0.717) is 17.9 Å². The Balaban J connectivity index is 2.29. The first-order valence-corrected chi connectivity index (χ1v) is 8.00. The smallest absolute Gasteiger partial charge is 0.407 e. The second-order valence-electron chi connectivity index (χ2n) is 6.14. The van der Waals surface area contributed by atoms with Gasteiger partial charge in [0.05, 0.1) is 6.61 Å². The standard InChI is InChI=1S/C17H25N3O5/c1-5-24-13-8-6-12(7-9-13)15(22)20-19-14(21)10-11-18-16(23)25-17(2,3)4/h6-9H,5,10-11H2,1-4H3,(H,18,23)(H,19,21)(H,20,22). The van der Waals surface area contributed by atoms with Crippen molar-refractivity contribution in [2.75, 3.05) is 13.2 Å². The highest BCUT2D eigenvalue weighted by Crippen LogP contribution is 2.11. The second kappa shape index (κ2) is 9.51. The first-order chi connectivity index (χ1) is 11.7. The lowest BCUT2D eigenvalue weighted by molar-refractivity contribution is -0.121. The third kappa shape index (κ3) is 8.59. The van der Waals surface area contributed by atoms with Crippen molar-refractivity contribution >= 4 is 17.9 Å². The summed E-state index contributed by atoms with van der Waals surface area (Å²) in [6.07, 6.45) is -0.596. The molecular weight excluding hydrogens is 326 g/mol. The van der Waals surface area contributed by atoms with Crippen LogP contribution in [0, 0.1) is 0 Å². The van der Waals surface area contributed by atoms with Crippen LogP contribution in [-0.2, 0) is 9.53 Å². The third-order valence-electron chi connectivity index (χ3n) is 2.76. The molecule has 3 N–H and O–H groups in total. The van der Waals surface area contributed by atoms with E-state index >= 15 is 0 Å². The van der Waals surface area contributed by atoms with Crippen LogP contribution in [0.15, 0.2) is 24.3 Å². The molecule has 0 aliphatic carbocycles. The highest BCUT2D eigenvalue weighted by molar-refractivity contribution is 5.95. The van der Waals surface area contributed by atoms with Gasteiger partial charge in [-0.1, -0.05) is 0 Å². The van der Waals surface area contributed by atoms with Gasteiger partial charge < -0.3 is 14.8 Å². The molecule has 0 atom stereocenters. The molecule has 1 aromatic carbocycles. The number of nitrogens with one attached hydrogen (secondary N) is 3. The van der Waals surface area contributed by atoms with Crippen molar-refractivity contribution < 1.29 is 23.9 Å². The molecule has 0 aromatic heterocycles. The van der Waals surface area contributed by atoms with Gasteiger partial charge in [0.1, 0.15) is 11.4 Å². The number of rotatable bonds is 6. The van der Waals surface area contributed by atoms with Crippen LogP contribution in [0.4, 0.5) is 4.79 Å². The molecule has 0 saturated heterocycles. The summed E-state index contributed by atoms with van der Waals surface area (Å²) >= 11 is 0. The van der Waals surface area contributed by atoms with Gasteiger partial charge in [-0.15, -0.1) is 0 Å². The molecule has 0 bridgehead atoms. The quantitative estimate of drug-likeness (QED) is 0.677. The van der Waals surface area contributed by atoms with Crippen LogP contribution >= 0.6 is 0 Å². The van der Waals surface area contributed by atoms with Crippen molar-refractivity contribution in [3.8, 4) is 5.75 Å². The SMILES string of the molecule is CCOc1ccc(C(=O)NNC(=O)CCNC(=O)OC(C)(C)C)cc1. The Kier molecular flexibility index (Phi) is 7.71. The van der Waals surface area contributed by atoms with E-state index in [0.717, 1.165) is 0 Å². The van der Waals surface area contributed by atoms with Crippen LogP contribution in [0.2, 0.25) is 0 Å². The number of hydrogen-bond acceptors (Lipinski definition) is 5. The number of hydrogen-bond donors (Lipinski definition) is 3. The molecule has 8 nitrogen and oxygen atoms in total. The molecule has 25 heavy (non-hydrogen) atoms. The summed E-state index contributed by atoms with van der Waals surface area (Å²) in [5, 5.41) is 2.46. The molecule has 138 valence electrons. The number of alkyl carbamates (subject to hydrolysis) is 1. The normalized spacial score (nSPS) is 10.6. The summed E-state index contributed by atoms with van der Waals surface area (Å²) < 4.78 is 10.3. The highest BCUT2D eigenvalue weighted by atomic mass is 16.6. The summed E-state index contributed by atoms with van der Waals surface area (Å²) in [6.45, 7) is 7.74. The van der Waals surface area contributed by atoms with Gasteiger partial charge in [-0.3, -0.25) is 20.4 Å². The number of carbonyl (C=O) groups excluding carboxylic acids is 3. The second-order valence-corrected chi connectivity index (χ2v) is 6.14. The Morgan fingerprint density at radius 2 is 1.68 bits per heavy atom. The van der Waals surface area contributed by atoms with E-state index in [2.05, 4.69) is 16.2 Å². The lowest BCUT2D eigenvalue weighted by Gasteiger charge is -2.19. The predicted octanol–water partition coefficient (Wildman–Crippen LogP) is 1.76. The van der Waals surface area contributed by atoms with Gasteiger partial charge in [-0.05, 0) is 52.0 Å². The fourth-order valence-corrected chi connectivity index (χ4v) is 1.72. The lowest BCUT2D eigenvalue weighted by Crippen LogP contribution is -2.43. The monoisotopic (exact) mass is 351 g/mol. The van der Waals surface area contributed by atoms with Gasteiger partial charge in [0.15, 0.2) is 0 Å². The Morgan fingerprint density at radius 3 is 2.24 bits per heavy atom. The molecule has 8 heteroatoms. The van der Waals surface area contributed by atoms with Crippen LogP contribution in [0.3, 0.4) is 0 Å². The summed E-state index contributed by atoms with van der Waals surface area (Å²) in [6, 6.07) is 6.53. The molecule has 0 saturated carbocycles. The topological polar surface area (TPSA) is 106 Å². The average molecular weight is 351 g/mol. The van der Waals surface area contributed by atoms with E-state index in [-0.39, 0.29) is 13.0 Å². The number of benzene rings is 1. The molecule has 1 rings (SSSR count). The van der Waals surface area contributed by atoms with Crippen LogP contribution in [0.25, 0.3) is 0 Å². The molecule has 0 fully saturated rings. The molecule has 0 radical (unpaired) electrons. The van der Waals surface area contributed by atoms with Crippen molar-refractivity contribution in [2.45, 2.75) is 39.7 Å². The Labute approximate surface area is 147 Å². The summed E-state index contributed by atoms with van der Waals surface area (Å²) in [5.41, 5.74) is 4.37. The maximum atomic E-state index is 11.9. The van der Waals surface area contributed by atoms with Crippen LogP contribution in [-0.4, -0.2) is 36.7 Å². The minimum absolute atomic E-state index is 0.00278. The van der Waals surface area contributed by atoms with Gasteiger partial charge in [-0.2, -0.15) is 0 Å². The molecule has 1 aromatic rings. The highest BCUT2D eigenvalue weighted by Gasteiger charge is 2.16. The molecule has 0 aliphatic heterocycles. The maximum absolute atomic E-state index is 11.9. The number of amides is 3. The number of carbonyl (C=O) groups is 3. The Morgan fingerprint density at radius 1 is 1.04 bits per heavy atom.